The van der Waals surface area contributed by atoms with Crippen molar-refractivity contribution >= 4 is 11.6 Å². The topological polar surface area (TPSA) is 68.5 Å². The molecule has 2 atom stereocenters. The maximum Gasteiger partial charge on any atom is 0.347 e. The summed E-state index contributed by atoms with van der Waals surface area (Å²) in [5, 5.41) is 8.36. The molecule has 4 rings (SSSR count). The fourth-order valence-electron chi connectivity index (χ4n) is 3.73. The molecule has 0 amide bonds. The summed E-state index contributed by atoms with van der Waals surface area (Å²) in [5.41, 5.74) is 3.07. The van der Waals surface area contributed by atoms with Gasteiger partial charge in [0.15, 0.2) is 0 Å². The van der Waals surface area contributed by atoms with E-state index in [4.69, 9.17) is 21.2 Å². The number of ether oxygens (including phenoxy) is 1. The number of halogens is 3. The molecule has 1 heterocycles. The van der Waals surface area contributed by atoms with Gasteiger partial charge in [-0.2, -0.15) is 18.8 Å². The monoisotopic (exact) mass is 530 g/mol. The molecule has 0 radical (unpaired) electrons. The van der Waals surface area contributed by atoms with Gasteiger partial charge in [0, 0.05) is 0 Å². The standard InChI is InChI=1S/C25H24ClF2N3O.C2H6.CH3NO/c1-29-25(27,28)24-16-23(31(30-24)21-8-4-3-7-20(26)15-21)18-12-10-17(11-13-18)19-6-5-9-22(14-19)32-2;1-2;1-2-3/h3-14,16,20-21,29H,15H2,1-2H3;1-2H3;1H3. The van der Waals surface area contributed by atoms with Crippen LogP contribution in [0.4, 0.5) is 8.78 Å². The number of nitrogens with one attached hydrogen (secondary N) is 1. The van der Waals surface area contributed by atoms with Crippen LogP contribution in [0, 0.1) is 4.91 Å². The summed E-state index contributed by atoms with van der Waals surface area (Å²) in [5.74, 6) is 0.771. The first-order valence-electron chi connectivity index (χ1n) is 11.9. The Balaban J connectivity index is 0.000000898. The Labute approximate surface area is 222 Å². The van der Waals surface area contributed by atoms with Gasteiger partial charge in [0.1, 0.15) is 11.4 Å². The number of nitroso groups, excluding NO2 is 1. The molecule has 6 nitrogen and oxygen atoms in total. The van der Waals surface area contributed by atoms with Crippen molar-refractivity contribution in [3.05, 3.63) is 89.5 Å². The average molecular weight is 531 g/mol. The first kappa shape index (κ1) is 29.9. The number of aromatic nitrogens is 2. The first-order valence-corrected chi connectivity index (χ1v) is 12.4. The van der Waals surface area contributed by atoms with E-state index in [-0.39, 0.29) is 17.1 Å². The van der Waals surface area contributed by atoms with Crippen molar-refractivity contribution in [1.82, 2.24) is 15.1 Å². The zero-order chi connectivity index (χ0) is 27.4. The predicted octanol–water partition coefficient (Wildman–Crippen LogP) is 7.57. The van der Waals surface area contributed by atoms with Gasteiger partial charge in [-0.15, -0.1) is 11.6 Å². The van der Waals surface area contributed by atoms with Gasteiger partial charge in [0.25, 0.3) is 0 Å². The molecule has 2 aromatic carbocycles. The molecular formula is C28H33ClF2N4O2. The zero-order valence-electron chi connectivity index (χ0n) is 21.7. The number of rotatable bonds is 6. The van der Waals surface area contributed by atoms with Crippen LogP contribution < -0.4 is 10.1 Å². The Kier molecular flexibility index (Phi) is 11.6. The largest absolute Gasteiger partial charge is 0.497 e. The van der Waals surface area contributed by atoms with Crippen LogP contribution in [0.3, 0.4) is 0 Å². The normalized spacial score (nSPS) is 16.5. The number of hydrogen-bond donors (Lipinski definition) is 1. The van der Waals surface area contributed by atoms with Crippen LogP contribution in [0.5, 0.6) is 5.75 Å². The molecule has 1 aliphatic carbocycles. The molecule has 198 valence electrons. The molecule has 0 saturated heterocycles. The van der Waals surface area contributed by atoms with Crippen LogP contribution in [-0.2, 0) is 6.05 Å². The molecule has 3 aromatic rings. The lowest BCUT2D eigenvalue weighted by Gasteiger charge is -2.18. The van der Waals surface area contributed by atoms with Crippen LogP contribution in [0.2, 0.25) is 0 Å². The second kappa shape index (κ2) is 14.4. The molecule has 1 aliphatic rings. The highest BCUT2D eigenvalue weighted by molar-refractivity contribution is 6.21. The maximum atomic E-state index is 14.4. The van der Waals surface area contributed by atoms with Crippen LogP contribution in [-0.4, -0.2) is 36.4 Å². The highest BCUT2D eigenvalue weighted by atomic mass is 35.5. The minimum absolute atomic E-state index is 0.212. The Morgan fingerprint density at radius 3 is 2.30 bits per heavy atom. The molecule has 37 heavy (non-hydrogen) atoms. The van der Waals surface area contributed by atoms with Gasteiger partial charge in [0.05, 0.1) is 31.3 Å². The van der Waals surface area contributed by atoms with E-state index in [2.05, 4.69) is 10.3 Å². The third-order valence-corrected chi connectivity index (χ3v) is 5.82. The number of allylic oxidation sites excluding steroid dienone is 4. The Morgan fingerprint density at radius 2 is 1.68 bits per heavy atom. The van der Waals surface area contributed by atoms with Crippen molar-refractivity contribution in [3.63, 3.8) is 0 Å². The molecule has 1 N–H and O–H groups in total. The Bertz CT molecular complexity index is 1190. The van der Waals surface area contributed by atoms with Crippen LogP contribution in [0.15, 0.2) is 84.1 Å². The number of alkyl halides is 3. The summed E-state index contributed by atoms with van der Waals surface area (Å²) in [6.45, 7) is 4.00. The smallest absolute Gasteiger partial charge is 0.347 e. The van der Waals surface area contributed by atoms with Gasteiger partial charge in [-0.1, -0.05) is 79.7 Å². The average Bonchev–Trinajstić information content (AvgIpc) is 3.27. The third kappa shape index (κ3) is 7.81. The quantitative estimate of drug-likeness (QED) is 0.203. The number of nitrogens with zero attached hydrogens (tertiary/aromatic N) is 3. The summed E-state index contributed by atoms with van der Waals surface area (Å²) in [4.78, 5) is 8.56. The fourth-order valence-corrected chi connectivity index (χ4v) is 3.99. The van der Waals surface area contributed by atoms with Crippen molar-refractivity contribution in [2.45, 2.75) is 37.7 Å². The summed E-state index contributed by atoms with van der Waals surface area (Å²) in [6.07, 6.45) is 8.11. The van der Waals surface area contributed by atoms with Crippen molar-refractivity contribution < 1.29 is 13.5 Å². The lowest BCUT2D eigenvalue weighted by molar-refractivity contribution is -0.0384. The second-order valence-corrected chi connectivity index (χ2v) is 8.33. The van der Waals surface area contributed by atoms with Gasteiger partial charge < -0.3 is 4.74 Å². The van der Waals surface area contributed by atoms with Crippen LogP contribution >= 0.6 is 11.6 Å². The maximum absolute atomic E-state index is 14.4. The minimum atomic E-state index is -3.24. The number of hydrogen-bond acceptors (Lipinski definition) is 5. The Morgan fingerprint density at radius 1 is 1.05 bits per heavy atom. The lowest BCUT2D eigenvalue weighted by atomic mass is 10.0. The molecule has 2 unspecified atom stereocenters. The third-order valence-electron chi connectivity index (χ3n) is 5.50. The van der Waals surface area contributed by atoms with E-state index in [9.17, 15) is 8.78 Å². The van der Waals surface area contributed by atoms with E-state index in [1.807, 2.05) is 92.0 Å². The van der Waals surface area contributed by atoms with Crippen LogP contribution in [0.1, 0.15) is 32.0 Å². The zero-order valence-corrected chi connectivity index (χ0v) is 22.4. The number of benzene rings is 2. The molecular weight excluding hydrogens is 498 g/mol. The van der Waals surface area contributed by atoms with Gasteiger partial charge in [-0.05, 0) is 48.4 Å². The molecule has 9 heteroatoms. The molecule has 0 aliphatic heterocycles. The summed E-state index contributed by atoms with van der Waals surface area (Å²) >= 11 is 6.36. The van der Waals surface area contributed by atoms with Gasteiger partial charge in [-0.3, -0.25) is 10.00 Å². The van der Waals surface area contributed by atoms with Gasteiger partial charge in [-0.25, -0.2) is 0 Å². The van der Waals surface area contributed by atoms with Gasteiger partial charge in [0.2, 0.25) is 0 Å². The minimum Gasteiger partial charge on any atom is -0.497 e. The van der Waals surface area contributed by atoms with Crippen molar-refractivity contribution in [2.75, 3.05) is 21.2 Å². The molecule has 0 bridgehead atoms. The summed E-state index contributed by atoms with van der Waals surface area (Å²) < 4.78 is 35.8. The SMILES string of the molecule is CC.CN=O.CNC(F)(F)c1cc(-c2ccc(-c3cccc(OC)c3)cc2)n(C2C=CC=CC(Cl)C2)n1. The highest BCUT2D eigenvalue weighted by Gasteiger charge is 2.34. The van der Waals surface area contributed by atoms with Crippen molar-refractivity contribution in [3.8, 4) is 28.1 Å². The van der Waals surface area contributed by atoms with E-state index in [0.29, 0.717) is 12.1 Å². The molecule has 0 spiro atoms. The number of methoxy groups -OCH3 is 1. The molecule has 1 aromatic heterocycles. The van der Waals surface area contributed by atoms with Crippen LogP contribution in [0.25, 0.3) is 22.4 Å². The first-order chi connectivity index (χ1) is 17.8. The summed E-state index contributed by atoms with van der Waals surface area (Å²) in [7, 11) is 4.04. The van der Waals surface area contributed by atoms with E-state index < -0.39 is 6.05 Å². The van der Waals surface area contributed by atoms with E-state index in [1.54, 1.807) is 11.8 Å². The molecule has 0 saturated carbocycles. The van der Waals surface area contributed by atoms with Crippen molar-refractivity contribution in [2.24, 2.45) is 5.18 Å². The Hall–Kier alpha value is -3.36. The van der Waals surface area contributed by atoms with Crippen molar-refractivity contribution in [1.29, 1.82) is 0 Å². The molecule has 0 fully saturated rings. The summed E-state index contributed by atoms with van der Waals surface area (Å²) in [6, 6.07) is 13.5. The van der Waals surface area contributed by atoms with E-state index in [1.165, 1.54) is 20.2 Å². The lowest BCUT2D eigenvalue weighted by Crippen LogP contribution is -2.30. The highest BCUT2D eigenvalue weighted by Crippen LogP contribution is 2.34. The predicted molar refractivity (Wildman–Crippen MR) is 147 cm³/mol. The van der Waals surface area contributed by atoms with E-state index >= 15 is 0 Å². The van der Waals surface area contributed by atoms with E-state index in [0.717, 1.165) is 22.4 Å². The van der Waals surface area contributed by atoms with Gasteiger partial charge >= 0.3 is 6.05 Å². The fraction of sp³-hybridized carbons (Fsp3) is 0.321. The second-order valence-electron chi connectivity index (χ2n) is 7.76.